The third-order valence-corrected chi connectivity index (χ3v) is 2.79. The third-order valence-electron chi connectivity index (χ3n) is 2.48. The van der Waals surface area contributed by atoms with Gasteiger partial charge in [-0.05, 0) is 31.4 Å². The number of aliphatic hydroxyl groups is 1. The van der Waals surface area contributed by atoms with Gasteiger partial charge in [0, 0.05) is 0 Å². The summed E-state index contributed by atoms with van der Waals surface area (Å²) in [4.78, 5) is 0. The smallest absolute Gasteiger partial charge is 0.137 e. The standard InChI is InChI=1S/C13H20ClNO2/c14-12-6-2-3-7-13(12)17-11-5-1-4-8-15-9-10-16/h2-3,6-7,15-16H,1,4-5,8-11H2/p+1. The molecule has 96 valence electrons. The first-order chi connectivity index (χ1) is 8.34. The van der Waals surface area contributed by atoms with Gasteiger partial charge < -0.3 is 15.2 Å². The molecule has 0 amide bonds. The number of benzene rings is 1. The summed E-state index contributed by atoms with van der Waals surface area (Å²) in [6.07, 6.45) is 3.34. The van der Waals surface area contributed by atoms with Gasteiger partial charge in [-0.2, -0.15) is 0 Å². The van der Waals surface area contributed by atoms with Crippen molar-refractivity contribution in [2.24, 2.45) is 0 Å². The van der Waals surface area contributed by atoms with Crippen LogP contribution in [0.25, 0.3) is 0 Å². The van der Waals surface area contributed by atoms with Crippen LogP contribution < -0.4 is 10.1 Å². The molecule has 0 aliphatic carbocycles. The number of aliphatic hydroxyl groups excluding tert-OH is 1. The Bertz CT molecular complexity index is 307. The second-order valence-corrected chi connectivity index (χ2v) is 4.34. The maximum Gasteiger partial charge on any atom is 0.137 e. The highest BCUT2D eigenvalue weighted by molar-refractivity contribution is 6.32. The number of quaternary nitrogens is 1. The topological polar surface area (TPSA) is 46.1 Å². The summed E-state index contributed by atoms with van der Waals surface area (Å²) in [6.45, 7) is 2.85. The van der Waals surface area contributed by atoms with Crippen LogP contribution in [0.15, 0.2) is 24.3 Å². The van der Waals surface area contributed by atoms with E-state index in [4.69, 9.17) is 21.4 Å². The number of ether oxygens (including phenoxy) is 1. The lowest BCUT2D eigenvalue weighted by molar-refractivity contribution is -0.656. The third kappa shape index (κ3) is 6.51. The van der Waals surface area contributed by atoms with E-state index in [0.29, 0.717) is 11.6 Å². The average molecular weight is 259 g/mol. The van der Waals surface area contributed by atoms with Gasteiger partial charge in [0.1, 0.15) is 5.75 Å². The SMILES string of the molecule is OCC[NH2+]CCCCCOc1ccccc1Cl. The Hall–Kier alpha value is -0.770. The Morgan fingerprint density at radius 1 is 1.12 bits per heavy atom. The van der Waals surface area contributed by atoms with Crippen LogP contribution in [0.3, 0.4) is 0 Å². The van der Waals surface area contributed by atoms with Gasteiger partial charge in [-0.25, -0.2) is 0 Å². The molecule has 0 unspecified atom stereocenters. The first kappa shape index (κ1) is 14.3. The van der Waals surface area contributed by atoms with Crippen molar-refractivity contribution >= 4 is 11.6 Å². The van der Waals surface area contributed by atoms with E-state index in [1.54, 1.807) is 0 Å². The van der Waals surface area contributed by atoms with Crippen molar-refractivity contribution in [3.8, 4) is 5.75 Å². The molecule has 0 fully saturated rings. The molecule has 0 saturated heterocycles. The van der Waals surface area contributed by atoms with Gasteiger partial charge in [-0.3, -0.25) is 0 Å². The molecule has 1 rings (SSSR count). The van der Waals surface area contributed by atoms with Crippen molar-refractivity contribution in [1.82, 2.24) is 0 Å². The summed E-state index contributed by atoms with van der Waals surface area (Å²) in [6, 6.07) is 7.54. The fraction of sp³-hybridized carbons (Fsp3) is 0.538. The molecule has 0 bridgehead atoms. The minimum Gasteiger partial charge on any atom is -0.492 e. The average Bonchev–Trinajstić information content (AvgIpc) is 2.35. The van der Waals surface area contributed by atoms with Crippen molar-refractivity contribution in [3.05, 3.63) is 29.3 Å². The Morgan fingerprint density at radius 2 is 1.94 bits per heavy atom. The quantitative estimate of drug-likeness (QED) is 0.659. The van der Waals surface area contributed by atoms with Gasteiger partial charge in [-0.15, -0.1) is 0 Å². The number of halogens is 1. The molecule has 0 spiro atoms. The minimum absolute atomic E-state index is 0.260. The van der Waals surface area contributed by atoms with Gasteiger partial charge >= 0.3 is 0 Å². The van der Waals surface area contributed by atoms with E-state index in [0.717, 1.165) is 38.1 Å². The lowest BCUT2D eigenvalue weighted by Gasteiger charge is -2.07. The van der Waals surface area contributed by atoms with E-state index in [2.05, 4.69) is 5.32 Å². The lowest BCUT2D eigenvalue weighted by atomic mass is 10.2. The minimum atomic E-state index is 0.260. The second-order valence-electron chi connectivity index (χ2n) is 3.93. The first-order valence-corrected chi connectivity index (χ1v) is 6.52. The van der Waals surface area contributed by atoms with Crippen molar-refractivity contribution < 1.29 is 15.2 Å². The van der Waals surface area contributed by atoms with Gasteiger partial charge in [0.25, 0.3) is 0 Å². The molecule has 1 aromatic rings. The van der Waals surface area contributed by atoms with Crippen LogP contribution >= 0.6 is 11.6 Å². The molecule has 4 heteroatoms. The monoisotopic (exact) mass is 258 g/mol. The molecule has 17 heavy (non-hydrogen) atoms. The summed E-state index contributed by atoms with van der Waals surface area (Å²) >= 11 is 5.97. The maximum atomic E-state index is 8.60. The zero-order valence-corrected chi connectivity index (χ0v) is 10.8. The van der Waals surface area contributed by atoms with E-state index in [1.807, 2.05) is 24.3 Å². The van der Waals surface area contributed by atoms with Gasteiger partial charge in [-0.1, -0.05) is 23.7 Å². The predicted molar refractivity (Wildman–Crippen MR) is 69.5 cm³/mol. The number of rotatable bonds is 9. The normalized spacial score (nSPS) is 10.5. The van der Waals surface area contributed by atoms with Crippen LogP contribution in [0.1, 0.15) is 19.3 Å². The molecule has 3 N–H and O–H groups in total. The predicted octanol–water partition coefficient (Wildman–Crippen LogP) is 1.44. The van der Waals surface area contributed by atoms with E-state index in [9.17, 15) is 0 Å². The second kappa shape index (κ2) is 9.28. The summed E-state index contributed by atoms with van der Waals surface area (Å²) in [7, 11) is 0. The van der Waals surface area contributed by atoms with Crippen LogP contribution in [0.2, 0.25) is 5.02 Å². The Kier molecular flexibility index (Phi) is 7.80. The van der Waals surface area contributed by atoms with E-state index in [-0.39, 0.29) is 6.61 Å². The van der Waals surface area contributed by atoms with E-state index in [1.165, 1.54) is 0 Å². The summed E-state index contributed by atoms with van der Waals surface area (Å²) in [5, 5.41) is 11.4. The molecule has 1 aromatic carbocycles. The highest BCUT2D eigenvalue weighted by Crippen LogP contribution is 2.23. The molecular formula is C13H21ClNO2+. The zero-order valence-electron chi connectivity index (χ0n) is 10.1. The van der Waals surface area contributed by atoms with Gasteiger partial charge in [0.15, 0.2) is 0 Å². The van der Waals surface area contributed by atoms with Gasteiger partial charge in [0.2, 0.25) is 0 Å². The molecule has 0 atom stereocenters. The summed E-state index contributed by atoms with van der Waals surface area (Å²) in [5.41, 5.74) is 0. The number of para-hydroxylation sites is 1. The Labute approximate surface area is 108 Å². The maximum absolute atomic E-state index is 8.60. The highest BCUT2D eigenvalue weighted by atomic mass is 35.5. The summed E-state index contributed by atoms with van der Waals surface area (Å²) < 4.78 is 5.58. The Morgan fingerprint density at radius 3 is 2.71 bits per heavy atom. The molecule has 0 saturated carbocycles. The number of unbranched alkanes of at least 4 members (excludes halogenated alkanes) is 2. The van der Waals surface area contributed by atoms with Crippen molar-refractivity contribution in [1.29, 1.82) is 0 Å². The van der Waals surface area contributed by atoms with Crippen LogP contribution in [0.5, 0.6) is 5.75 Å². The number of hydrogen-bond donors (Lipinski definition) is 2. The zero-order chi connectivity index (χ0) is 12.3. The summed E-state index contributed by atoms with van der Waals surface area (Å²) in [5.74, 6) is 0.765. The van der Waals surface area contributed by atoms with E-state index < -0.39 is 0 Å². The Balaban J connectivity index is 1.99. The number of hydrogen-bond acceptors (Lipinski definition) is 2. The molecule has 3 nitrogen and oxygen atoms in total. The fourth-order valence-corrected chi connectivity index (χ4v) is 1.74. The molecule has 0 radical (unpaired) electrons. The molecular weight excluding hydrogens is 238 g/mol. The van der Waals surface area contributed by atoms with Crippen LogP contribution in [0.4, 0.5) is 0 Å². The number of nitrogens with two attached hydrogens (primary N) is 1. The lowest BCUT2D eigenvalue weighted by Crippen LogP contribution is -2.85. The highest BCUT2D eigenvalue weighted by Gasteiger charge is 1.99. The van der Waals surface area contributed by atoms with Gasteiger partial charge in [0.05, 0.1) is 31.3 Å². The molecule has 0 heterocycles. The first-order valence-electron chi connectivity index (χ1n) is 6.14. The van der Waals surface area contributed by atoms with Crippen LogP contribution in [-0.2, 0) is 0 Å². The van der Waals surface area contributed by atoms with Crippen LogP contribution in [-0.4, -0.2) is 31.4 Å². The molecule has 0 aliphatic heterocycles. The van der Waals surface area contributed by atoms with Crippen LogP contribution in [0, 0.1) is 0 Å². The van der Waals surface area contributed by atoms with E-state index >= 15 is 0 Å². The van der Waals surface area contributed by atoms with Crippen molar-refractivity contribution in [3.63, 3.8) is 0 Å². The largest absolute Gasteiger partial charge is 0.492 e. The molecule has 0 aromatic heterocycles. The van der Waals surface area contributed by atoms with Crippen molar-refractivity contribution in [2.75, 3.05) is 26.3 Å². The molecule has 0 aliphatic rings. The van der Waals surface area contributed by atoms with Crippen molar-refractivity contribution in [2.45, 2.75) is 19.3 Å². The fourth-order valence-electron chi connectivity index (χ4n) is 1.55.